The summed E-state index contributed by atoms with van der Waals surface area (Å²) in [6, 6.07) is 12.0. The van der Waals surface area contributed by atoms with Gasteiger partial charge in [-0.05, 0) is 32.1 Å². The van der Waals surface area contributed by atoms with E-state index in [4.69, 9.17) is 0 Å². The van der Waals surface area contributed by atoms with Crippen molar-refractivity contribution >= 4 is 16.7 Å². The number of nitriles is 1. The second-order valence-electron chi connectivity index (χ2n) is 4.54. The number of nitrogens with zero attached hydrogens (tertiary/aromatic N) is 3. The number of fused-ring (bicyclic) bond motifs is 1. The van der Waals surface area contributed by atoms with E-state index in [1.54, 1.807) is 0 Å². The van der Waals surface area contributed by atoms with Crippen LogP contribution < -0.4 is 10.2 Å². The quantitative estimate of drug-likeness (QED) is 0.831. The van der Waals surface area contributed by atoms with Gasteiger partial charge < -0.3 is 10.2 Å². The lowest BCUT2D eigenvalue weighted by molar-refractivity contribution is 0.709. The minimum Gasteiger partial charge on any atom is -0.359 e. The van der Waals surface area contributed by atoms with Crippen LogP contribution in [0.15, 0.2) is 30.3 Å². The molecular formula is C15H18N4. The molecular weight excluding hydrogens is 236 g/mol. The average molecular weight is 254 g/mol. The van der Waals surface area contributed by atoms with E-state index >= 15 is 0 Å². The first-order valence-corrected chi connectivity index (χ1v) is 6.42. The monoisotopic (exact) mass is 254 g/mol. The second kappa shape index (κ2) is 6.17. The van der Waals surface area contributed by atoms with Gasteiger partial charge >= 0.3 is 0 Å². The molecule has 0 unspecified atom stereocenters. The van der Waals surface area contributed by atoms with Crippen LogP contribution in [0.3, 0.4) is 0 Å². The van der Waals surface area contributed by atoms with Crippen molar-refractivity contribution in [1.29, 1.82) is 5.26 Å². The largest absolute Gasteiger partial charge is 0.359 e. The van der Waals surface area contributed by atoms with Crippen molar-refractivity contribution in [3.05, 3.63) is 35.9 Å². The van der Waals surface area contributed by atoms with Crippen molar-refractivity contribution in [3.8, 4) is 6.07 Å². The average Bonchev–Trinajstić information content (AvgIpc) is 2.46. The normalized spacial score (nSPS) is 10.4. The number of hydrogen-bond donors (Lipinski definition) is 1. The van der Waals surface area contributed by atoms with Crippen LogP contribution in [0.2, 0.25) is 0 Å². The van der Waals surface area contributed by atoms with Gasteiger partial charge in [0, 0.05) is 19.0 Å². The number of benzene rings is 1. The smallest absolute Gasteiger partial charge is 0.146 e. The van der Waals surface area contributed by atoms with Gasteiger partial charge in [0.1, 0.15) is 11.9 Å². The van der Waals surface area contributed by atoms with Crippen molar-refractivity contribution in [2.75, 3.05) is 32.1 Å². The zero-order valence-corrected chi connectivity index (χ0v) is 11.3. The molecule has 98 valence electrons. The number of rotatable bonds is 5. The third-order valence-corrected chi connectivity index (χ3v) is 3.11. The summed E-state index contributed by atoms with van der Waals surface area (Å²) in [7, 11) is 3.92. The SMILES string of the molecule is CNCCCN(C)c1nc2ccccc2cc1C#N. The molecule has 2 aromatic rings. The topological polar surface area (TPSA) is 52.0 Å². The third-order valence-electron chi connectivity index (χ3n) is 3.11. The highest BCUT2D eigenvalue weighted by Gasteiger charge is 2.10. The zero-order chi connectivity index (χ0) is 13.7. The highest BCUT2D eigenvalue weighted by atomic mass is 15.2. The summed E-state index contributed by atoms with van der Waals surface area (Å²) in [5, 5.41) is 13.4. The summed E-state index contributed by atoms with van der Waals surface area (Å²) in [6.45, 7) is 1.83. The Hall–Kier alpha value is -2.12. The van der Waals surface area contributed by atoms with E-state index in [0.717, 1.165) is 36.2 Å². The molecule has 1 aromatic carbocycles. The molecule has 0 bridgehead atoms. The molecule has 0 radical (unpaired) electrons. The predicted molar refractivity (Wildman–Crippen MR) is 78.3 cm³/mol. The Morgan fingerprint density at radius 2 is 2.16 bits per heavy atom. The van der Waals surface area contributed by atoms with E-state index in [-0.39, 0.29) is 0 Å². The Bertz CT molecular complexity index is 601. The van der Waals surface area contributed by atoms with Gasteiger partial charge in [-0.2, -0.15) is 5.26 Å². The molecule has 1 N–H and O–H groups in total. The van der Waals surface area contributed by atoms with Crippen molar-refractivity contribution in [1.82, 2.24) is 10.3 Å². The number of anilines is 1. The fourth-order valence-electron chi connectivity index (χ4n) is 2.08. The highest BCUT2D eigenvalue weighted by molar-refractivity contribution is 5.82. The maximum atomic E-state index is 9.27. The van der Waals surface area contributed by atoms with Crippen LogP contribution >= 0.6 is 0 Å². The molecule has 1 aromatic heterocycles. The van der Waals surface area contributed by atoms with Crippen molar-refractivity contribution in [2.45, 2.75) is 6.42 Å². The lowest BCUT2D eigenvalue weighted by Crippen LogP contribution is -2.23. The van der Waals surface area contributed by atoms with E-state index in [9.17, 15) is 5.26 Å². The number of hydrogen-bond acceptors (Lipinski definition) is 4. The van der Waals surface area contributed by atoms with E-state index in [0.29, 0.717) is 5.56 Å². The number of aromatic nitrogens is 1. The molecule has 0 aliphatic rings. The van der Waals surface area contributed by atoms with Gasteiger partial charge in [0.05, 0.1) is 11.1 Å². The molecule has 4 heteroatoms. The summed E-state index contributed by atoms with van der Waals surface area (Å²) in [4.78, 5) is 6.65. The van der Waals surface area contributed by atoms with Gasteiger partial charge in [0.15, 0.2) is 0 Å². The molecule has 2 rings (SSSR count). The van der Waals surface area contributed by atoms with E-state index < -0.39 is 0 Å². The molecule has 0 aliphatic heterocycles. The van der Waals surface area contributed by atoms with Crippen LogP contribution in [0.1, 0.15) is 12.0 Å². The molecule has 4 nitrogen and oxygen atoms in total. The van der Waals surface area contributed by atoms with Crippen LogP contribution in [0.25, 0.3) is 10.9 Å². The van der Waals surface area contributed by atoms with Crippen LogP contribution in [-0.2, 0) is 0 Å². The van der Waals surface area contributed by atoms with Crippen molar-refractivity contribution in [2.24, 2.45) is 0 Å². The fourth-order valence-corrected chi connectivity index (χ4v) is 2.08. The summed E-state index contributed by atoms with van der Waals surface area (Å²) >= 11 is 0. The Labute approximate surface area is 113 Å². The van der Waals surface area contributed by atoms with Crippen LogP contribution in [0, 0.1) is 11.3 Å². The van der Waals surface area contributed by atoms with E-state index in [1.165, 1.54) is 0 Å². The molecule has 0 atom stereocenters. The first kappa shape index (κ1) is 13.3. The van der Waals surface area contributed by atoms with Crippen LogP contribution in [-0.4, -0.2) is 32.2 Å². The van der Waals surface area contributed by atoms with Crippen molar-refractivity contribution < 1.29 is 0 Å². The molecule has 0 amide bonds. The third kappa shape index (κ3) is 3.01. The molecule has 19 heavy (non-hydrogen) atoms. The molecule has 0 spiro atoms. The Morgan fingerprint density at radius 3 is 2.89 bits per heavy atom. The van der Waals surface area contributed by atoms with Crippen LogP contribution in [0.5, 0.6) is 0 Å². The Kier molecular flexibility index (Phi) is 4.32. The van der Waals surface area contributed by atoms with Gasteiger partial charge in [0.25, 0.3) is 0 Å². The van der Waals surface area contributed by atoms with E-state index in [1.807, 2.05) is 49.3 Å². The Balaban J connectivity index is 2.33. The summed E-state index contributed by atoms with van der Waals surface area (Å²) in [5.74, 6) is 0.761. The van der Waals surface area contributed by atoms with Gasteiger partial charge in [-0.1, -0.05) is 18.2 Å². The van der Waals surface area contributed by atoms with Gasteiger partial charge in [0.2, 0.25) is 0 Å². The standard InChI is InChI=1S/C15H18N4/c1-17-8-5-9-19(2)15-13(11-16)10-12-6-3-4-7-14(12)18-15/h3-4,6-7,10,17H,5,8-9H2,1-2H3. The number of nitrogens with one attached hydrogen (secondary N) is 1. The lowest BCUT2D eigenvalue weighted by atomic mass is 10.1. The minimum atomic E-state index is 0.630. The summed E-state index contributed by atoms with van der Waals surface area (Å²) < 4.78 is 0. The molecule has 0 fully saturated rings. The van der Waals surface area contributed by atoms with Crippen LogP contribution in [0.4, 0.5) is 5.82 Å². The van der Waals surface area contributed by atoms with Gasteiger partial charge in [-0.25, -0.2) is 4.98 Å². The molecule has 0 saturated carbocycles. The fraction of sp³-hybridized carbons (Fsp3) is 0.333. The number of pyridine rings is 1. The van der Waals surface area contributed by atoms with Gasteiger partial charge in [-0.3, -0.25) is 0 Å². The highest BCUT2D eigenvalue weighted by Crippen LogP contribution is 2.22. The second-order valence-corrected chi connectivity index (χ2v) is 4.54. The number of para-hydroxylation sites is 1. The lowest BCUT2D eigenvalue weighted by Gasteiger charge is -2.19. The minimum absolute atomic E-state index is 0.630. The predicted octanol–water partition coefficient (Wildman–Crippen LogP) is 2.15. The first-order valence-electron chi connectivity index (χ1n) is 6.42. The Morgan fingerprint density at radius 1 is 1.37 bits per heavy atom. The summed E-state index contributed by atoms with van der Waals surface area (Å²) in [5.41, 5.74) is 1.56. The summed E-state index contributed by atoms with van der Waals surface area (Å²) in [6.07, 6.45) is 1.02. The van der Waals surface area contributed by atoms with E-state index in [2.05, 4.69) is 16.4 Å². The molecule has 0 aliphatic carbocycles. The van der Waals surface area contributed by atoms with Crippen molar-refractivity contribution in [3.63, 3.8) is 0 Å². The van der Waals surface area contributed by atoms with Gasteiger partial charge in [-0.15, -0.1) is 0 Å². The zero-order valence-electron chi connectivity index (χ0n) is 11.3. The maximum absolute atomic E-state index is 9.27. The molecule has 1 heterocycles. The first-order chi connectivity index (χ1) is 9.26. The maximum Gasteiger partial charge on any atom is 0.146 e. The molecule has 0 saturated heterocycles.